The van der Waals surface area contributed by atoms with Crippen molar-refractivity contribution in [1.82, 2.24) is 15.4 Å². The highest BCUT2D eigenvalue weighted by Gasteiger charge is 2.27. The fourth-order valence-corrected chi connectivity index (χ4v) is 3.24. The summed E-state index contributed by atoms with van der Waals surface area (Å²) in [7, 11) is 2.07. The summed E-state index contributed by atoms with van der Waals surface area (Å²) in [5, 5.41) is 6.94. The number of urea groups is 1. The van der Waals surface area contributed by atoms with E-state index in [0.29, 0.717) is 13.1 Å². The summed E-state index contributed by atoms with van der Waals surface area (Å²) in [6.45, 7) is 7.67. The normalized spacial score (nSPS) is 17.4. The first kappa shape index (κ1) is 16.4. The third kappa shape index (κ3) is 3.09. The number of fused-ring (bicyclic) bond motifs is 1. The van der Waals surface area contributed by atoms with Crippen molar-refractivity contribution in [2.45, 2.75) is 39.9 Å². The highest BCUT2D eigenvalue weighted by atomic mass is 16.5. The van der Waals surface area contributed by atoms with Crippen molar-refractivity contribution in [3.8, 4) is 0 Å². The summed E-state index contributed by atoms with van der Waals surface area (Å²) >= 11 is 0. The third-order valence-electron chi connectivity index (χ3n) is 4.67. The van der Waals surface area contributed by atoms with E-state index >= 15 is 0 Å². The van der Waals surface area contributed by atoms with Crippen LogP contribution in [0, 0.1) is 13.8 Å². The zero-order chi connectivity index (χ0) is 17.3. The van der Waals surface area contributed by atoms with Gasteiger partial charge in [0.1, 0.15) is 5.76 Å². The number of nitrogens with zero attached hydrogens (tertiary/aromatic N) is 3. The van der Waals surface area contributed by atoms with Crippen LogP contribution in [0.25, 0.3) is 0 Å². The molecule has 3 rings (SSSR count). The van der Waals surface area contributed by atoms with Gasteiger partial charge in [-0.05, 0) is 32.4 Å². The zero-order valence-electron chi connectivity index (χ0n) is 14.7. The first-order chi connectivity index (χ1) is 11.5. The van der Waals surface area contributed by atoms with Gasteiger partial charge in [-0.15, -0.1) is 0 Å². The largest absolute Gasteiger partial charge is 0.372 e. The highest BCUT2D eigenvalue weighted by molar-refractivity contribution is 5.75. The molecule has 1 aliphatic heterocycles. The number of amides is 2. The molecule has 0 spiro atoms. The van der Waals surface area contributed by atoms with E-state index in [1.165, 1.54) is 5.69 Å². The molecule has 0 fully saturated rings. The van der Waals surface area contributed by atoms with Crippen LogP contribution in [-0.2, 0) is 13.1 Å². The van der Waals surface area contributed by atoms with Gasteiger partial charge in [-0.2, -0.15) is 0 Å². The van der Waals surface area contributed by atoms with E-state index in [1.54, 1.807) is 0 Å². The number of hydrogen-bond acceptors (Lipinski definition) is 4. The molecule has 0 unspecified atom stereocenters. The van der Waals surface area contributed by atoms with Crippen LogP contribution in [0.5, 0.6) is 0 Å². The monoisotopic (exact) mass is 328 g/mol. The zero-order valence-corrected chi connectivity index (χ0v) is 14.7. The Hall–Kier alpha value is -2.50. The summed E-state index contributed by atoms with van der Waals surface area (Å²) in [6, 6.07) is 8.29. The van der Waals surface area contributed by atoms with Gasteiger partial charge >= 0.3 is 6.03 Å². The van der Waals surface area contributed by atoms with Gasteiger partial charge < -0.3 is 19.6 Å². The van der Waals surface area contributed by atoms with Gasteiger partial charge in [0.15, 0.2) is 0 Å². The lowest BCUT2D eigenvalue weighted by Crippen LogP contribution is -2.46. The van der Waals surface area contributed by atoms with E-state index in [4.69, 9.17) is 4.52 Å². The summed E-state index contributed by atoms with van der Waals surface area (Å²) in [4.78, 5) is 16.8. The minimum absolute atomic E-state index is 0.0624. The van der Waals surface area contributed by atoms with Crippen molar-refractivity contribution < 1.29 is 9.32 Å². The Bertz CT molecular complexity index is 721. The maximum absolute atomic E-state index is 12.7. The molecule has 1 aromatic heterocycles. The van der Waals surface area contributed by atoms with Crippen LogP contribution in [0.15, 0.2) is 28.8 Å². The maximum Gasteiger partial charge on any atom is 0.318 e. The van der Waals surface area contributed by atoms with Gasteiger partial charge in [0.2, 0.25) is 0 Å². The van der Waals surface area contributed by atoms with Crippen LogP contribution in [-0.4, -0.2) is 35.7 Å². The quantitative estimate of drug-likeness (QED) is 0.921. The molecule has 1 aliphatic rings. The molecule has 6 nitrogen and oxygen atoms in total. The van der Waals surface area contributed by atoms with Crippen molar-refractivity contribution in [3.05, 3.63) is 46.8 Å². The van der Waals surface area contributed by atoms with E-state index in [9.17, 15) is 4.79 Å². The fraction of sp³-hybridized carbons (Fsp3) is 0.444. The molecular weight excluding hydrogens is 304 g/mol. The summed E-state index contributed by atoms with van der Waals surface area (Å²) < 4.78 is 5.15. The van der Waals surface area contributed by atoms with Crippen LogP contribution in [0.4, 0.5) is 10.5 Å². The lowest BCUT2D eigenvalue weighted by molar-refractivity contribution is 0.178. The molecule has 0 saturated carbocycles. The van der Waals surface area contributed by atoms with Gasteiger partial charge in [0, 0.05) is 44.0 Å². The standard InChI is InChI=1S/C18H24N4O2/c1-12-10-21(4)17-8-6-5-7-15(17)11-22(12)18(23)19-9-16-13(2)20-24-14(16)3/h5-8,12H,9-11H2,1-4H3,(H,19,23)/t12-/m0/s1. The Kier molecular flexibility index (Phi) is 4.46. The second-order valence-electron chi connectivity index (χ2n) is 6.45. The SMILES string of the molecule is Cc1noc(C)c1CNC(=O)N1Cc2ccccc2N(C)C[C@@H]1C. The molecular formula is C18H24N4O2. The topological polar surface area (TPSA) is 61.6 Å². The molecule has 2 heterocycles. The fourth-order valence-electron chi connectivity index (χ4n) is 3.24. The van der Waals surface area contributed by atoms with E-state index < -0.39 is 0 Å². The predicted molar refractivity (Wildman–Crippen MR) is 92.9 cm³/mol. The number of aryl methyl sites for hydroxylation is 2. The molecule has 0 saturated heterocycles. The number of rotatable bonds is 2. The predicted octanol–water partition coefficient (Wildman–Crippen LogP) is 2.84. The van der Waals surface area contributed by atoms with Gasteiger partial charge in [0.25, 0.3) is 0 Å². The van der Waals surface area contributed by atoms with Gasteiger partial charge in [-0.25, -0.2) is 4.79 Å². The average molecular weight is 328 g/mol. The van der Waals surface area contributed by atoms with Crippen molar-refractivity contribution >= 4 is 11.7 Å². The van der Waals surface area contributed by atoms with Crippen molar-refractivity contribution in [1.29, 1.82) is 0 Å². The molecule has 24 heavy (non-hydrogen) atoms. The van der Waals surface area contributed by atoms with E-state index in [1.807, 2.05) is 30.9 Å². The van der Waals surface area contributed by atoms with Crippen LogP contribution < -0.4 is 10.2 Å². The lowest BCUT2D eigenvalue weighted by Gasteiger charge is -2.28. The molecule has 6 heteroatoms. The summed E-state index contributed by atoms with van der Waals surface area (Å²) in [5.74, 6) is 0.752. The van der Waals surface area contributed by atoms with E-state index in [0.717, 1.165) is 29.1 Å². The second kappa shape index (κ2) is 6.55. The number of nitrogens with one attached hydrogen (secondary N) is 1. The molecule has 0 radical (unpaired) electrons. The van der Waals surface area contributed by atoms with Crippen LogP contribution in [0.2, 0.25) is 0 Å². The van der Waals surface area contributed by atoms with E-state index in [-0.39, 0.29) is 12.1 Å². The highest BCUT2D eigenvalue weighted by Crippen LogP contribution is 2.26. The Morgan fingerprint density at radius 1 is 1.38 bits per heavy atom. The molecule has 1 N–H and O–H groups in total. The van der Waals surface area contributed by atoms with Crippen LogP contribution in [0.1, 0.15) is 29.5 Å². The summed E-state index contributed by atoms with van der Waals surface area (Å²) in [6.07, 6.45) is 0. The minimum atomic E-state index is -0.0624. The number of anilines is 1. The number of para-hydroxylation sites is 1. The number of likely N-dealkylation sites (N-methyl/N-ethyl adjacent to an activating group) is 1. The summed E-state index contributed by atoms with van der Waals surface area (Å²) in [5.41, 5.74) is 4.12. The second-order valence-corrected chi connectivity index (χ2v) is 6.45. The van der Waals surface area contributed by atoms with Gasteiger partial charge in [-0.1, -0.05) is 23.4 Å². The first-order valence-corrected chi connectivity index (χ1v) is 8.22. The van der Waals surface area contributed by atoms with E-state index in [2.05, 4.69) is 41.5 Å². The van der Waals surface area contributed by atoms with Crippen LogP contribution >= 0.6 is 0 Å². The van der Waals surface area contributed by atoms with Crippen molar-refractivity contribution in [2.75, 3.05) is 18.5 Å². The molecule has 0 bridgehead atoms. The molecule has 2 aromatic rings. The maximum atomic E-state index is 12.7. The van der Waals surface area contributed by atoms with Crippen molar-refractivity contribution in [3.63, 3.8) is 0 Å². The Morgan fingerprint density at radius 2 is 2.12 bits per heavy atom. The number of aromatic nitrogens is 1. The lowest BCUT2D eigenvalue weighted by atomic mass is 10.1. The number of carbonyl (C=O) groups is 1. The molecule has 1 aromatic carbocycles. The molecule has 2 amide bonds. The minimum Gasteiger partial charge on any atom is -0.372 e. The smallest absolute Gasteiger partial charge is 0.318 e. The van der Waals surface area contributed by atoms with Gasteiger partial charge in [-0.3, -0.25) is 0 Å². The Balaban J connectivity index is 1.74. The number of hydrogen-bond donors (Lipinski definition) is 1. The van der Waals surface area contributed by atoms with Crippen LogP contribution in [0.3, 0.4) is 0 Å². The molecule has 1 atom stereocenters. The first-order valence-electron chi connectivity index (χ1n) is 8.22. The molecule has 0 aliphatic carbocycles. The Morgan fingerprint density at radius 3 is 2.83 bits per heavy atom. The van der Waals surface area contributed by atoms with Gasteiger partial charge in [0.05, 0.1) is 5.69 Å². The molecule has 128 valence electrons. The average Bonchev–Trinajstić information content (AvgIpc) is 2.81. The third-order valence-corrected chi connectivity index (χ3v) is 4.67. The van der Waals surface area contributed by atoms with Crippen molar-refractivity contribution in [2.24, 2.45) is 0 Å². The Labute approximate surface area is 142 Å². The number of benzene rings is 1. The number of carbonyl (C=O) groups excluding carboxylic acids is 1.